The first-order valence-corrected chi connectivity index (χ1v) is 16.0. The number of ether oxygens (including phenoxy) is 2. The summed E-state index contributed by atoms with van der Waals surface area (Å²) in [4.78, 5) is 41.1. The first-order valence-electron chi connectivity index (χ1n) is 15.1. The standard InChI is InChI=1S/C35H37N5O6S/c1-22(2)46-33(43)26-10-12-27(13-11-26)37-34(44)38-31(17-24-8-14-29(41)15-9-24)32(42)36-18-28-21-39-19-23(3)47-35(39)40(28)20-25-6-5-7-30(16-25)45-4/h5-16,19,21-22,31H,17-18,20H2,1-4H3,(H3-,36,37,38,41,42,43,44)/p+1/t31-/m0/s1. The van der Waals surface area contributed by atoms with Crippen molar-refractivity contribution >= 4 is 39.9 Å². The van der Waals surface area contributed by atoms with Gasteiger partial charge in [0.1, 0.15) is 36.5 Å². The summed E-state index contributed by atoms with van der Waals surface area (Å²) in [6, 6.07) is 19.1. The molecule has 3 amide bonds. The van der Waals surface area contributed by atoms with Crippen LogP contribution in [0, 0.1) is 6.92 Å². The molecule has 1 atom stereocenters. The molecule has 12 heteroatoms. The molecule has 0 saturated heterocycles. The number of aromatic hydroxyl groups is 1. The number of hydrogen-bond acceptors (Lipinski definition) is 7. The lowest BCUT2D eigenvalue weighted by Gasteiger charge is -2.19. The van der Waals surface area contributed by atoms with E-state index in [9.17, 15) is 19.5 Å². The monoisotopic (exact) mass is 656 g/mol. The molecule has 0 aliphatic rings. The molecule has 4 N–H and O–H groups in total. The maximum atomic E-state index is 13.7. The van der Waals surface area contributed by atoms with Crippen LogP contribution in [0.25, 0.3) is 4.96 Å². The van der Waals surface area contributed by atoms with Gasteiger partial charge in [0, 0.05) is 17.0 Å². The number of methoxy groups -OCH3 is 1. The largest absolute Gasteiger partial charge is 0.508 e. The summed E-state index contributed by atoms with van der Waals surface area (Å²) >= 11 is 1.66. The number of nitrogens with one attached hydrogen (secondary N) is 3. The number of carbonyl (C=O) groups is 3. The summed E-state index contributed by atoms with van der Waals surface area (Å²) in [6.07, 6.45) is 3.98. The minimum absolute atomic E-state index is 0.102. The Balaban J connectivity index is 1.31. The molecule has 0 saturated carbocycles. The van der Waals surface area contributed by atoms with E-state index in [2.05, 4.69) is 31.8 Å². The van der Waals surface area contributed by atoms with Crippen LogP contribution in [0.4, 0.5) is 10.5 Å². The van der Waals surface area contributed by atoms with E-state index in [0.29, 0.717) is 17.8 Å². The predicted octanol–water partition coefficient (Wildman–Crippen LogP) is 4.97. The van der Waals surface area contributed by atoms with Gasteiger partial charge >= 0.3 is 17.0 Å². The number of imidazole rings is 1. The molecule has 11 nitrogen and oxygen atoms in total. The molecule has 244 valence electrons. The zero-order valence-electron chi connectivity index (χ0n) is 26.7. The second-order valence-corrected chi connectivity index (χ2v) is 12.6. The quantitative estimate of drug-likeness (QED) is 0.111. The fourth-order valence-corrected chi connectivity index (χ4v) is 6.01. The number of fused-ring (bicyclic) bond motifs is 1. The number of hydrogen-bond donors (Lipinski definition) is 4. The molecule has 0 unspecified atom stereocenters. The number of thiazole rings is 1. The highest BCUT2D eigenvalue weighted by atomic mass is 32.1. The summed E-state index contributed by atoms with van der Waals surface area (Å²) < 4.78 is 14.8. The van der Waals surface area contributed by atoms with Crippen LogP contribution in [0.3, 0.4) is 0 Å². The average molecular weight is 657 g/mol. The van der Waals surface area contributed by atoms with Crippen LogP contribution in [0.5, 0.6) is 11.5 Å². The van der Waals surface area contributed by atoms with Crippen LogP contribution in [0.1, 0.15) is 45.9 Å². The molecule has 0 aliphatic carbocycles. The highest BCUT2D eigenvalue weighted by Gasteiger charge is 2.25. The van der Waals surface area contributed by atoms with E-state index in [0.717, 1.165) is 32.4 Å². The van der Waals surface area contributed by atoms with Crippen LogP contribution >= 0.6 is 11.3 Å². The van der Waals surface area contributed by atoms with Crippen LogP contribution in [0.2, 0.25) is 0 Å². The molecule has 0 fully saturated rings. The molecular weight excluding hydrogens is 618 g/mol. The van der Waals surface area contributed by atoms with Gasteiger partial charge in [0.25, 0.3) is 0 Å². The van der Waals surface area contributed by atoms with Crippen molar-refractivity contribution in [3.8, 4) is 11.5 Å². The SMILES string of the molecule is COc1cccc(Cn2c(CNC(=O)[C@H](Cc3ccc(O)cc3)NC(=O)Nc3ccc(C(=O)OC(C)C)cc3)c[n+]3cc(C)sc23)c1. The predicted molar refractivity (Wildman–Crippen MR) is 179 cm³/mol. The number of anilines is 1. The fraction of sp³-hybridized carbons (Fsp3) is 0.257. The normalized spacial score (nSPS) is 11.7. The second-order valence-electron chi connectivity index (χ2n) is 11.4. The molecule has 3 aromatic carbocycles. The fourth-order valence-electron chi connectivity index (χ4n) is 5.05. The van der Waals surface area contributed by atoms with Gasteiger partial charge in [0.05, 0.1) is 25.3 Å². The molecule has 0 spiro atoms. The Morgan fingerprint density at radius 3 is 2.43 bits per heavy atom. The van der Waals surface area contributed by atoms with Crippen LogP contribution in [0.15, 0.2) is 85.2 Å². The van der Waals surface area contributed by atoms with E-state index < -0.39 is 18.0 Å². The number of carbonyl (C=O) groups excluding carboxylic acids is 3. The van der Waals surface area contributed by atoms with Gasteiger partial charge in [0.15, 0.2) is 5.69 Å². The van der Waals surface area contributed by atoms with Gasteiger partial charge in [-0.05, 0) is 80.4 Å². The van der Waals surface area contributed by atoms with Crippen molar-refractivity contribution in [1.29, 1.82) is 0 Å². The highest BCUT2D eigenvalue weighted by molar-refractivity contribution is 7.16. The van der Waals surface area contributed by atoms with Crippen LogP contribution in [-0.4, -0.2) is 46.8 Å². The first kappa shape index (κ1) is 33.0. The summed E-state index contributed by atoms with van der Waals surface area (Å²) in [7, 11) is 1.64. The first-order chi connectivity index (χ1) is 22.6. The topological polar surface area (TPSA) is 135 Å². The number of aryl methyl sites for hydroxylation is 1. The average Bonchev–Trinajstić information content (AvgIpc) is 3.56. The molecule has 0 bridgehead atoms. The van der Waals surface area contributed by atoms with E-state index in [1.54, 1.807) is 68.7 Å². The molecule has 2 aromatic heterocycles. The van der Waals surface area contributed by atoms with E-state index in [1.807, 2.05) is 36.7 Å². The molecule has 47 heavy (non-hydrogen) atoms. The summed E-state index contributed by atoms with van der Waals surface area (Å²) in [5.41, 5.74) is 3.49. The lowest BCUT2D eigenvalue weighted by atomic mass is 10.0. The lowest BCUT2D eigenvalue weighted by Crippen LogP contribution is -2.49. The molecule has 0 radical (unpaired) electrons. The summed E-state index contributed by atoms with van der Waals surface area (Å²) in [6.45, 7) is 6.38. The van der Waals surface area contributed by atoms with Crippen molar-refractivity contribution in [3.63, 3.8) is 0 Å². The van der Waals surface area contributed by atoms with Gasteiger partial charge in [-0.15, -0.1) is 0 Å². The van der Waals surface area contributed by atoms with Gasteiger partial charge in [-0.25, -0.2) is 14.2 Å². The Morgan fingerprint density at radius 2 is 1.72 bits per heavy atom. The van der Waals surface area contributed by atoms with Crippen LogP contribution in [-0.2, 0) is 29.0 Å². The number of urea groups is 1. The second kappa shape index (κ2) is 14.8. The Kier molecular flexibility index (Phi) is 10.4. The Morgan fingerprint density at radius 1 is 0.979 bits per heavy atom. The number of amides is 3. The molecule has 0 aliphatic heterocycles. The number of esters is 1. The van der Waals surface area contributed by atoms with E-state index in [1.165, 1.54) is 12.1 Å². The van der Waals surface area contributed by atoms with Gasteiger partial charge < -0.3 is 30.5 Å². The summed E-state index contributed by atoms with van der Waals surface area (Å²) in [5.74, 6) is 0.0377. The number of phenolic OH excluding ortho intramolecular Hbond substituents is 1. The Hall–Kier alpha value is -5.36. The van der Waals surface area contributed by atoms with Gasteiger partial charge in [-0.1, -0.05) is 35.6 Å². The van der Waals surface area contributed by atoms with E-state index in [4.69, 9.17) is 9.47 Å². The van der Waals surface area contributed by atoms with Crippen molar-refractivity contribution in [3.05, 3.63) is 112 Å². The smallest absolute Gasteiger partial charge is 0.346 e. The third-order valence-corrected chi connectivity index (χ3v) is 8.34. The van der Waals surface area contributed by atoms with Gasteiger partial charge in [-0.2, -0.15) is 4.40 Å². The molecule has 5 aromatic rings. The number of rotatable bonds is 12. The lowest BCUT2D eigenvalue weighted by molar-refractivity contribution is -0.506. The number of nitrogens with zero attached hydrogens (tertiary/aromatic N) is 2. The van der Waals surface area contributed by atoms with Crippen molar-refractivity contribution in [2.45, 2.75) is 52.4 Å². The zero-order chi connectivity index (χ0) is 33.5. The molecule has 2 heterocycles. The zero-order valence-corrected chi connectivity index (χ0v) is 27.5. The van der Waals surface area contributed by atoms with Crippen molar-refractivity contribution in [2.75, 3.05) is 12.4 Å². The molecular formula is C35H38N5O6S+. The molecule has 5 rings (SSSR count). The number of phenols is 1. The minimum atomic E-state index is -0.933. The van der Waals surface area contributed by atoms with Gasteiger partial charge in [-0.3, -0.25) is 4.79 Å². The third-order valence-electron chi connectivity index (χ3n) is 7.30. The Bertz CT molecular complexity index is 1860. The highest BCUT2D eigenvalue weighted by Crippen LogP contribution is 2.20. The summed E-state index contributed by atoms with van der Waals surface area (Å²) in [5, 5.41) is 18.3. The van der Waals surface area contributed by atoms with E-state index >= 15 is 0 Å². The Labute approximate surface area is 276 Å². The third kappa shape index (κ3) is 8.67. The van der Waals surface area contributed by atoms with Crippen molar-refractivity contribution in [2.24, 2.45) is 0 Å². The van der Waals surface area contributed by atoms with Crippen molar-refractivity contribution < 1.29 is 33.4 Å². The number of benzene rings is 3. The van der Waals surface area contributed by atoms with Crippen LogP contribution < -0.4 is 25.1 Å². The maximum absolute atomic E-state index is 13.7. The van der Waals surface area contributed by atoms with E-state index in [-0.39, 0.29) is 30.7 Å². The minimum Gasteiger partial charge on any atom is -0.508 e. The number of aromatic nitrogens is 2. The maximum Gasteiger partial charge on any atom is 0.346 e. The van der Waals surface area contributed by atoms with Gasteiger partial charge in [0.2, 0.25) is 5.91 Å². The van der Waals surface area contributed by atoms with Crippen molar-refractivity contribution in [1.82, 2.24) is 15.2 Å².